The number of carbonyl (C=O) groups excluding carboxylic acids is 2. The summed E-state index contributed by atoms with van der Waals surface area (Å²) in [6, 6.07) is 16.3. The number of hydrogen-bond donors (Lipinski definition) is 2. The summed E-state index contributed by atoms with van der Waals surface area (Å²) < 4.78 is 11.1. The minimum Gasteiger partial charge on any atom is -0.381 e. The number of amides is 2. The van der Waals surface area contributed by atoms with Gasteiger partial charge < -0.3 is 20.1 Å². The summed E-state index contributed by atoms with van der Waals surface area (Å²) >= 11 is 0. The lowest BCUT2D eigenvalue weighted by atomic mass is 9.96. The fourth-order valence-electron chi connectivity index (χ4n) is 4.16. The topological polar surface area (TPSA) is 79.9 Å². The maximum Gasteiger partial charge on any atom is 0.255 e. The van der Waals surface area contributed by atoms with Crippen LogP contribution in [0, 0.1) is 5.92 Å². The number of carbonyl (C=O) groups is 2. The van der Waals surface area contributed by atoms with Gasteiger partial charge in [-0.25, -0.2) is 0 Å². The molecule has 0 saturated carbocycles. The lowest BCUT2D eigenvalue weighted by Gasteiger charge is -2.37. The molecule has 2 fully saturated rings. The Morgan fingerprint density at radius 1 is 0.903 bits per heavy atom. The van der Waals surface area contributed by atoms with E-state index in [1.807, 2.05) is 18.2 Å². The lowest BCUT2D eigenvalue weighted by molar-refractivity contribution is 0.00166. The Bertz CT molecular complexity index is 860. The minimum atomic E-state index is -0.176. The summed E-state index contributed by atoms with van der Waals surface area (Å²) in [4.78, 5) is 27.4. The second kappa shape index (κ2) is 10.5. The van der Waals surface area contributed by atoms with Crippen LogP contribution in [0.3, 0.4) is 0 Å². The van der Waals surface area contributed by atoms with E-state index in [1.54, 1.807) is 36.4 Å². The summed E-state index contributed by atoms with van der Waals surface area (Å²) in [5.41, 5.74) is 1.81. The zero-order valence-corrected chi connectivity index (χ0v) is 17.6. The first-order valence-corrected chi connectivity index (χ1v) is 10.8. The predicted molar refractivity (Wildman–Crippen MR) is 118 cm³/mol. The molecule has 0 aliphatic carbocycles. The van der Waals surface area contributed by atoms with E-state index < -0.39 is 0 Å². The fraction of sp³-hybridized carbons (Fsp3) is 0.417. The molecule has 2 aromatic rings. The summed E-state index contributed by atoms with van der Waals surface area (Å²) in [5.74, 6) is 0.136. The average molecular weight is 424 g/mol. The third-order valence-electron chi connectivity index (χ3n) is 5.94. The van der Waals surface area contributed by atoms with E-state index in [9.17, 15) is 9.59 Å². The number of anilines is 1. The van der Waals surface area contributed by atoms with Crippen molar-refractivity contribution >= 4 is 17.5 Å². The molecule has 2 unspecified atom stereocenters. The van der Waals surface area contributed by atoms with Gasteiger partial charge in [-0.15, -0.1) is 0 Å². The Hall–Kier alpha value is -2.74. The van der Waals surface area contributed by atoms with Crippen molar-refractivity contribution < 1.29 is 19.1 Å². The number of nitrogens with zero attached hydrogens (tertiary/aromatic N) is 1. The highest BCUT2D eigenvalue weighted by atomic mass is 16.5. The Morgan fingerprint density at radius 2 is 1.61 bits per heavy atom. The van der Waals surface area contributed by atoms with Crippen molar-refractivity contribution in [3.63, 3.8) is 0 Å². The molecule has 0 bridgehead atoms. The van der Waals surface area contributed by atoms with Crippen LogP contribution in [0.1, 0.15) is 27.1 Å². The van der Waals surface area contributed by atoms with Crippen LogP contribution in [0.15, 0.2) is 54.6 Å². The number of benzene rings is 2. The molecule has 164 valence electrons. The normalized spacial score (nSPS) is 20.2. The molecular formula is C24H29N3O4. The van der Waals surface area contributed by atoms with Crippen LogP contribution in [0.25, 0.3) is 0 Å². The van der Waals surface area contributed by atoms with Crippen molar-refractivity contribution in [3.05, 3.63) is 65.7 Å². The van der Waals surface area contributed by atoms with E-state index >= 15 is 0 Å². The van der Waals surface area contributed by atoms with Gasteiger partial charge in [0, 0.05) is 55.0 Å². The molecule has 4 rings (SSSR count). The van der Waals surface area contributed by atoms with Crippen LogP contribution in [-0.4, -0.2) is 68.8 Å². The van der Waals surface area contributed by atoms with Gasteiger partial charge >= 0.3 is 0 Å². The molecule has 2 N–H and O–H groups in total. The maximum absolute atomic E-state index is 12.7. The Kier molecular flexibility index (Phi) is 7.30. The SMILES string of the molecule is O=C(NCC(C1CCOC1)N1CCOCC1)c1ccc(NC(=O)c2ccccc2)cc1. The molecule has 2 aliphatic rings. The molecule has 7 nitrogen and oxygen atoms in total. The average Bonchev–Trinajstić information content (AvgIpc) is 3.35. The summed E-state index contributed by atoms with van der Waals surface area (Å²) in [5, 5.41) is 5.95. The quantitative estimate of drug-likeness (QED) is 0.715. The molecule has 0 spiro atoms. The molecule has 31 heavy (non-hydrogen) atoms. The first kappa shape index (κ1) is 21.5. The van der Waals surface area contributed by atoms with E-state index in [0.29, 0.717) is 29.3 Å². The predicted octanol–water partition coefficient (Wildman–Crippen LogP) is 2.41. The zero-order chi connectivity index (χ0) is 21.5. The first-order chi connectivity index (χ1) is 15.2. The van der Waals surface area contributed by atoms with Gasteiger partial charge in [-0.05, 0) is 42.8 Å². The van der Waals surface area contributed by atoms with Gasteiger partial charge in [0.1, 0.15) is 0 Å². The summed E-state index contributed by atoms with van der Waals surface area (Å²) in [6.45, 7) is 5.34. The van der Waals surface area contributed by atoms with Crippen LogP contribution >= 0.6 is 0 Å². The molecule has 7 heteroatoms. The molecule has 2 atom stereocenters. The number of hydrogen-bond acceptors (Lipinski definition) is 5. The highest BCUT2D eigenvalue weighted by Crippen LogP contribution is 2.22. The third kappa shape index (κ3) is 5.70. The highest BCUT2D eigenvalue weighted by molar-refractivity contribution is 6.04. The van der Waals surface area contributed by atoms with Crippen molar-refractivity contribution in [2.45, 2.75) is 12.5 Å². The van der Waals surface area contributed by atoms with Gasteiger partial charge in [-0.2, -0.15) is 0 Å². The number of nitrogens with one attached hydrogen (secondary N) is 2. The largest absolute Gasteiger partial charge is 0.381 e. The van der Waals surface area contributed by atoms with Crippen LogP contribution in [0.2, 0.25) is 0 Å². The van der Waals surface area contributed by atoms with Crippen LogP contribution in [-0.2, 0) is 9.47 Å². The van der Waals surface area contributed by atoms with Gasteiger partial charge in [-0.1, -0.05) is 18.2 Å². The van der Waals surface area contributed by atoms with Gasteiger partial charge in [0.05, 0.1) is 19.8 Å². The molecular weight excluding hydrogens is 394 g/mol. The van der Waals surface area contributed by atoms with Crippen LogP contribution in [0.4, 0.5) is 5.69 Å². The van der Waals surface area contributed by atoms with E-state index in [2.05, 4.69) is 15.5 Å². The molecule has 0 radical (unpaired) electrons. The number of rotatable bonds is 7. The Morgan fingerprint density at radius 3 is 2.29 bits per heavy atom. The van der Waals surface area contributed by atoms with Gasteiger partial charge in [-0.3, -0.25) is 14.5 Å². The third-order valence-corrected chi connectivity index (χ3v) is 5.94. The van der Waals surface area contributed by atoms with E-state index in [1.165, 1.54) is 0 Å². The number of ether oxygens (including phenoxy) is 2. The standard InChI is InChI=1S/C24H29N3O4/c28-23(25-16-22(20-10-13-31-17-20)27-11-14-30-15-12-27)19-6-8-21(9-7-19)26-24(29)18-4-2-1-3-5-18/h1-9,20,22H,10-17H2,(H,25,28)(H,26,29). The van der Waals surface area contributed by atoms with Crippen LogP contribution < -0.4 is 10.6 Å². The maximum atomic E-state index is 12.7. The van der Waals surface area contributed by atoms with E-state index in [0.717, 1.165) is 45.9 Å². The fourth-order valence-corrected chi connectivity index (χ4v) is 4.16. The van der Waals surface area contributed by atoms with Gasteiger partial charge in [0.15, 0.2) is 0 Å². The van der Waals surface area contributed by atoms with Crippen molar-refractivity contribution in [1.82, 2.24) is 10.2 Å². The van der Waals surface area contributed by atoms with Crippen molar-refractivity contribution in [1.29, 1.82) is 0 Å². The Balaban J connectivity index is 1.33. The van der Waals surface area contributed by atoms with Crippen molar-refractivity contribution in [2.75, 3.05) is 51.4 Å². The zero-order valence-electron chi connectivity index (χ0n) is 17.6. The second-order valence-corrected chi connectivity index (χ2v) is 7.95. The highest BCUT2D eigenvalue weighted by Gasteiger charge is 2.31. The molecule has 2 aliphatic heterocycles. The monoisotopic (exact) mass is 423 g/mol. The summed E-state index contributed by atoms with van der Waals surface area (Å²) in [6.07, 6.45) is 1.02. The first-order valence-electron chi connectivity index (χ1n) is 10.8. The van der Waals surface area contributed by atoms with E-state index in [-0.39, 0.29) is 17.9 Å². The van der Waals surface area contributed by atoms with E-state index in [4.69, 9.17) is 9.47 Å². The minimum absolute atomic E-state index is 0.113. The van der Waals surface area contributed by atoms with Crippen LogP contribution in [0.5, 0.6) is 0 Å². The lowest BCUT2D eigenvalue weighted by Crippen LogP contribution is -2.52. The second-order valence-electron chi connectivity index (χ2n) is 7.95. The molecule has 2 heterocycles. The summed E-state index contributed by atoms with van der Waals surface area (Å²) in [7, 11) is 0. The molecule has 2 amide bonds. The molecule has 2 aromatic carbocycles. The van der Waals surface area contributed by atoms with Crippen molar-refractivity contribution in [3.8, 4) is 0 Å². The Labute approximate surface area is 182 Å². The van der Waals surface area contributed by atoms with Gasteiger partial charge in [0.25, 0.3) is 11.8 Å². The number of morpholine rings is 1. The molecule has 2 saturated heterocycles. The smallest absolute Gasteiger partial charge is 0.255 e. The van der Waals surface area contributed by atoms with Crippen molar-refractivity contribution in [2.24, 2.45) is 5.92 Å². The van der Waals surface area contributed by atoms with Gasteiger partial charge in [0.2, 0.25) is 0 Å². The molecule has 0 aromatic heterocycles.